The molecule has 0 radical (unpaired) electrons. The van der Waals surface area contributed by atoms with Gasteiger partial charge in [-0.3, -0.25) is 0 Å². The maximum Gasteiger partial charge on any atom is 0.414 e. The number of aliphatic hydroxyl groups is 1. The van der Waals surface area contributed by atoms with Crippen LogP contribution in [0.2, 0.25) is 0 Å². The third kappa shape index (κ3) is 5.30. The van der Waals surface area contributed by atoms with E-state index in [4.69, 9.17) is 0 Å². The summed E-state index contributed by atoms with van der Waals surface area (Å²) in [4.78, 5) is 0.570. The van der Waals surface area contributed by atoms with Gasteiger partial charge in [0.05, 0.1) is 21.3 Å². The fourth-order valence-corrected chi connectivity index (χ4v) is 4.19. The number of thiophene rings is 1. The van der Waals surface area contributed by atoms with Gasteiger partial charge in [0.15, 0.2) is 6.10 Å². The van der Waals surface area contributed by atoms with Gasteiger partial charge in [0, 0.05) is 21.2 Å². The minimum atomic E-state index is -4.72. The molecule has 0 aliphatic heterocycles. The summed E-state index contributed by atoms with van der Waals surface area (Å²) in [6.45, 7) is 6.69. The van der Waals surface area contributed by atoms with Crippen LogP contribution >= 0.6 is 27.3 Å². The Kier molecular flexibility index (Phi) is 6.28. The minimum Gasteiger partial charge on any atom is -0.384 e. The minimum absolute atomic E-state index is 0.570. The van der Waals surface area contributed by atoms with Crippen molar-refractivity contribution in [2.75, 3.05) is 0 Å². The second-order valence-corrected chi connectivity index (χ2v) is 10.00. The third-order valence-electron chi connectivity index (χ3n) is 2.96. The van der Waals surface area contributed by atoms with E-state index in [1.54, 1.807) is 32.2 Å². The molecule has 1 unspecified atom stereocenters. The van der Waals surface area contributed by atoms with E-state index in [0.717, 1.165) is 4.47 Å². The predicted molar refractivity (Wildman–Crippen MR) is 87.1 cm³/mol. The standard InChI is InChI=1S/C13H19BrF3NO2S2/c1-11(2,3)22(20)18-12(4,6-9(19)13(15,16)17)10-5-8(14)7-21-10/h5,7,9,18-19H,6H2,1-4H3/t9-,12-,22?/m0/s1. The van der Waals surface area contributed by atoms with Gasteiger partial charge in [-0.05, 0) is 49.7 Å². The van der Waals surface area contributed by atoms with Crippen LogP contribution in [-0.4, -0.2) is 26.3 Å². The molecule has 0 fully saturated rings. The van der Waals surface area contributed by atoms with Crippen molar-refractivity contribution in [1.82, 2.24) is 4.72 Å². The second-order valence-electron chi connectivity index (χ2n) is 6.21. The highest BCUT2D eigenvalue weighted by Gasteiger charge is 2.45. The van der Waals surface area contributed by atoms with Crippen molar-refractivity contribution in [2.45, 2.75) is 56.7 Å². The van der Waals surface area contributed by atoms with Gasteiger partial charge in [-0.2, -0.15) is 13.2 Å². The summed E-state index contributed by atoms with van der Waals surface area (Å²) in [6, 6.07) is 1.67. The summed E-state index contributed by atoms with van der Waals surface area (Å²) in [5.74, 6) is 0. The SMILES string of the molecule is CC(C)(C)S(=O)N[C@@](C)(C[C@H](O)C(F)(F)F)c1cc(Br)cs1. The molecule has 1 heterocycles. The Bertz CT molecular complexity index is 542. The summed E-state index contributed by atoms with van der Waals surface area (Å²) >= 11 is 4.50. The molecule has 0 spiro atoms. The van der Waals surface area contributed by atoms with Crippen molar-refractivity contribution in [3.63, 3.8) is 0 Å². The molecule has 0 amide bonds. The van der Waals surface area contributed by atoms with Crippen molar-refractivity contribution in [3.8, 4) is 0 Å². The topological polar surface area (TPSA) is 49.3 Å². The molecule has 0 saturated heterocycles. The Morgan fingerprint density at radius 3 is 2.27 bits per heavy atom. The van der Waals surface area contributed by atoms with E-state index >= 15 is 0 Å². The van der Waals surface area contributed by atoms with Gasteiger partial charge in [0.2, 0.25) is 0 Å². The first kappa shape index (κ1) is 20.1. The molecule has 22 heavy (non-hydrogen) atoms. The van der Waals surface area contributed by atoms with Crippen molar-refractivity contribution in [2.24, 2.45) is 0 Å². The van der Waals surface area contributed by atoms with E-state index in [1.165, 1.54) is 18.3 Å². The van der Waals surface area contributed by atoms with Crippen LogP contribution in [0.3, 0.4) is 0 Å². The number of nitrogens with one attached hydrogen (secondary N) is 1. The van der Waals surface area contributed by atoms with Crippen LogP contribution in [0.5, 0.6) is 0 Å². The van der Waals surface area contributed by atoms with E-state index in [1.807, 2.05) is 0 Å². The summed E-state index contributed by atoms with van der Waals surface area (Å²) in [7, 11) is -1.58. The molecule has 0 bridgehead atoms. The molecule has 0 aliphatic rings. The van der Waals surface area contributed by atoms with Gasteiger partial charge in [0.25, 0.3) is 0 Å². The maximum atomic E-state index is 12.7. The fourth-order valence-electron chi connectivity index (χ4n) is 1.66. The molecule has 3 atom stereocenters. The first-order chi connectivity index (χ1) is 9.75. The van der Waals surface area contributed by atoms with Crippen LogP contribution in [0.15, 0.2) is 15.9 Å². The number of hydrogen-bond donors (Lipinski definition) is 2. The first-order valence-corrected chi connectivity index (χ1v) is 9.27. The first-order valence-electron chi connectivity index (χ1n) is 6.45. The molecule has 1 aromatic heterocycles. The van der Waals surface area contributed by atoms with Crippen molar-refractivity contribution in [3.05, 3.63) is 20.8 Å². The largest absolute Gasteiger partial charge is 0.414 e. The van der Waals surface area contributed by atoms with E-state index in [0.29, 0.717) is 4.88 Å². The number of halogens is 4. The van der Waals surface area contributed by atoms with Crippen LogP contribution < -0.4 is 4.72 Å². The summed E-state index contributed by atoms with van der Waals surface area (Å²) < 4.78 is 53.3. The van der Waals surface area contributed by atoms with Gasteiger partial charge in [-0.25, -0.2) is 8.93 Å². The van der Waals surface area contributed by atoms with Gasteiger partial charge < -0.3 is 5.11 Å². The van der Waals surface area contributed by atoms with Gasteiger partial charge in [-0.15, -0.1) is 11.3 Å². The monoisotopic (exact) mass is 421 g/mol. The third-order valence-corrected chi connectivity index (χ3v) is 6.67. The number of rotatable bonds is 5. The maximum absolute atomic E-state index is 12.7. The molecule has 0 aliphatic carbocycles. The Labute approximate surface area is 143 Å². The molecule has 2 N–H and O–H groups in total. The Morgan fingerprint density at radius 2 is 1.91 bits per heavy atom. The zero-order chi connectivity index (χ0) is 17.3. The van der Waals surface area contributed by atoms with Crippen LogP contribution in [0.4, 0.5) is 13.2 Å². The van der Waals surface area contributed by atoms with E-state index in [-0.39, 0.29) is 0 Å². The van der Waals surface area contributed by atoms with Crippen molar-refractivity contribution in [1.29, 1.82) is 0 Å². The van der Waals surface area contributed by atoms with Gasteiger partial charge >= 0.3 is 6.18 Å². The highest BCUT2D eigenvalue weighted by Crippen LogP contribution is 2.37. The summed E-state index contributed by atoms with van der Waals surface area (Å²) in [5, 5.41) is 11.2. The van der Waals surface area contributed by atoms with Gasteiger partial charge in [-0.1, -0.05) is 0 Å². The lowest BCUT2D eigenvalue weighted by atomic mass is 9.93. The van der Waals surface area contributed by atoms with Crippen molar-refractivity contribution >= 4 is 38.3 Å². The van der Waals surface area contributed by atoms with Crippen LogP contribution in [0.25, 0.3) is 0 Å². The molecular formula is C13H19BrF3NO2S2. The molecule has 3 nitrogen and oxygen atoms in total. The molecule has 128 valence electrons. The average molecular weight is 422 g/mol. The average Bonchev–Trinajstić information content (AvgIpc) is 2.73. The molecule has 0 saturated carbocycles. The van der Waals surface area contributed by atoms with Crippen LogP contribution in [0.1, 0.15) is 39.0 Å². The zero-order valence-corrected chi connectivity index (χ0v) is 15.8. The lowest BCUT2D eigenvalue weighted by Gasteiger charge is -2.34. The Hall–Kier alpha value is 0.0400. The van der Waals surface area contributed by atoms with E-state index in [2.05, 4.69) is 20.7 Å². The molecule has 1 rings (SSSR count). The van der Waals surface area contributed by atoms with Crippen LogP contribution in [-0.2, 0) is 16.5 Å². The smallest absolute Gasteiger partial charge is 0.384 e. The number of hydrogen-bond acceptors (Lipinski definition) is 3. The molecular weight excluding hydrogens is 403 g/mol. The second kappa shape index (κ2) is 6.88. The molecule has 0 aromatic carbocycles. The normalized spacial score (nSPS) is 18.8. The quantitative estimate of drug-likeness (QED) is 0.751. The number of alkyl halides is 3. The van der Waals surface area contributed by atoms with E-state index in [9.17, 15) is 22.5 Å². The predicted octanol–water partition coefficient (Wildman–Crippen LogP) is 4.09. The van der Waals surface area contributed by atoms with Crippen LogP contribution in [0, 0.1) is 0 Å². The summed E-state index contributed by atoms with van der Waals surface area (Å²) in [6.07, 6.45) is -7.84. The molecule has 1 aromatic rings. The molecule has 9 heteroatoms. The lowest BCUT2D eigenvalue weighted by Crippen LogP contribution is -2.49. The van der Waals surface area contributed by atoms with Crippen molar-refractivity contribution < 1.29 is 22.5 Å². The highest BCUT2D eigenvalue weighted by atomic mass is 79.9. The highest BCUT2D eigenvalue weighted by molar-refractivity contribution is 9.10. The Morgan fingerprint density at radius 1 is 1.36 bits per heavy atom. The Balaban J connectivity index is 3.13. The zero-order valence-electron chi connectivity index (χ0n) is 12.6. The fraction of sp³-hybridized carbons (Fsp3) is 0.692. The summed E-state index contributed by atoms with van der Waals surface area (Å²) in [5.41, 5.74) is -1.26. The van der Waals surface area contributed by atoms with Gasteiger partial charge in [0.1, 0.15) is 0 Å². The number of aliphatic hydroxyl groups excluding tert-OH is 1. The van der Waals surface area contributed by atoms with E-state index < -0.39 is 40.0 Å². The lowest BCUT2D eigenvalue weighted by molar-refractivity contribution is -0.209.